The first-order valence-corrected chi connectivity index (χ1v) is 5.91. The Labute approximate surface area is 90.6 Å². The van der Waals surface area contributed by atoms with Gasteiger partial charge in [0.05, 0.1) is 0 Å². The van der Waals surface area contributed by atoms with Gasteiger partial charge in [0.1, 0.15) is 4.87 Å². The van der Waals surface area contributed by atoms with Crippen LogP contribution in [0.2, 0.25) is 0 Å². The van der Waals surface area contributed by atoms with Crippen molar-refractivity contribution in [3.05, 3.63) is 0 Å². The Morgan fingerprint density at radius 2 is 2.00 bits per heavy atom. The minimum Gasteiger partial charge on any atom is -0.480 e. The van der Waals surface area contributed by atoms with Crippen LogP contribution in [-0.4, -0.2) is 16.0 Å². The number of alkyl halides is 1. The van der Waals surface area contributed by atoms with Crippen molar-refractivity contribution in [2.45, 2.75) is 56.7 Å². The molecule has 0 saturated heterocycles. The van der Waals surface area contributed by atoms with Crippen LogP contribution in [0.1, 0.15) is 51.9 Å². The number of carboxylic acids is 1. The summed E-state index contributed by atoms with van der Waals surface area (Å²) in [5.41, 5.74) is 0. The fraction of sp³-hybridized carbons (Fsp3) is 0.909. The molecule has 1 N–H and O–H groups in total. The zero-order valence-electron chi connectivity index (χ0n) is 8.76. The molecule has 0 aliphatic heterocycles. The molecule has 1 fully saturated rings. The lowest BCUT2D eigenvalue weighted by atomic mass is 9.77. The monoisotopic (exact) mass is 218 g/mol. The predicted molar refractivity (Wildman–Crippen MR) is 57.7 cm³/mol. The van der Waals surface area contributed by atoms with Crippen LogP contribution in [0, 0.1) is 5.92 Å². The first-order valence-electron chi connectivity index (χ1n) is 5.53. The quantitative estimate of drug-likeness (QED) is 0.735. The maximum atomic E-state index is 11.2. The third-order valence-electron chi connectivity index (χ3n) is 3.22. The van der Waals surface area contributed by atoms with Gasteiger partial charge >= 0.3 is 5.97 Å². The summed E-state index contributed by atoms with van der Waals surface area (Å²) in [6, 6.07) is 0. The molecule has 1 rings (SSSR count). The number of halogens is 1. The Hall–Kier alpha value is -0.240. The van der Waals surface area contributed by atoms with Crippen LogP contribution < -0.4 is 0 Å². The van der Waals surface area contributed by atoms with E-state index in [1.54, 1.807) is 0 Å². The second kappa shape index (κ2) is 5.01. The standard InChI is InChI=1S/C11H19ClO2/c1-2-8-11(12,10(13)14)9-6-4-3-5-7-9/h9H,2-8H2,1H3,(H,13,14). The maximum absolute atomic E-state index is 11.2. The molecule has 1 saturated carbocycles. The normalized spacial score (nSPS) is 23.0. The average Bonchev–Trinajstić information content (AvgIpc) is 2.19. The summed E-state index contributed by atoms with van der Waals surface area (Å²) in [4.78, 5) is 10.2. The van der Waals surface area contributed by atoms with Crippen molar-refractivity contribution in [1.82, 2.24) is 0 Å². The molecule has 1 unspecified atom stereocenters. The van der Waals surface area contributed by atoms with Gasteiger partial charge < -0.3 is 5.11 Å². The van der Waals surface area contributed by atoms with E-state index >= 15 is 0 Å². The fourth-order valence-electron chi connectivity index (χ4n) is 2.41. The van der Waals surface area contributed by atoms with E-state index in [9.17, 15) is 9.90 Å². The predicted octanol–water partition coefficient (Wildman–Crippen LogP) is 3.43. The molecule has 0 aromatic carbocycles. The van der Waals surface area contributed by atoms with Crippen molar-refractivity contribution >= 4 is 17.6 Å². The summed E-state index contributed by atoms with van der Waals surface area (Å²) in [7, 11) is 0. The van der Waals surface area contributed by atoms with Gasteiger partial charge in [0, 0.05) is 0 Å². The van der Waals surface area contributed by atoms with Crippen molar-refractivity contribution < 1.29 is 9.90 Å². The van der Waals surface area contributed by atoms with Crippen LogP contribution >= 0.6 is 11.6 Å². The van der Waals surface area contributed by atoms with E-state index in [4.69, 9.17) is 11.6 Å². The number of hydrogen-bond acceptors (Lipinski definition) is 1. The van der Waals surface area contributed by atoms with E-state index in [1.807, 2.05) is 6.92 Å². The van der Waals surface area contributed by atoms with Gasteiger partial charge in [0.15, 0.2) is 0 Å². The highest BCUT2D eigenvalue weighted by molar-refractivity contribution is 6.34. The largest absolute Gasteiger partial charge is 0.480 e. The highest BCUT2D eigenvalue weighted by Crippen LogP contribution is 2.40. The van der Waals surface area contributed by atoms with Gasteiger partial charge in [-0.2, -0.15) is 0 Å². The molecule has 2 nitrogen and oxygen atoms in total. The topological polar surface area (TPSA) is 37.3 Å². The highest BCUT2D eigenvalue weighted by Gasteiger charge is 2.43. The smallest absolute Gasteiger partial charge is 0.325 e. The van der Waals surface area contributed by atoms with Gasteiger partial charge in [-0.25, -0.2) is 0 Å². The van der Waals surface area contributed by atoms with Gasteiger partial charge in [0.2, 0.25) is 0 Å². The maximum Gasteiger partial charge on any atom is 0.325 e. The Balaban J connectivity index is 2.69. The summed E-state index contributed by atoms with van der Waals surface area (Å²) < 4.78 is 0. The van der Waals surface area contributed by atoms with E-state index < -0.39 is 10.8 Å². The lowest BCUT2D eigenvalue weighted by molar-refractivity contribution is -0.142. The van der Waals surface area contributed by atoms with Crippen molar-refractivity contribution in [3.8, 4) is 0 Å². The summed E-state index contributed by atoms with van der Waals surface area (Å²) in [5.74, 6) is -0.650. The van der Waals surface area contributed by atoms with Crippen LogP contribution in [-0.2, 0) is 4.79 Å². The molecule has 3 heteroatoms. The molecule has 0 radical (unpaired) electrons. The van der Waals surface area contributed by atoms with Crippen LogP contribution in [0.15, 0.2) is 0 Å². The van der Waals surface area contributed by atoms with E-state index in [2.05, 4.69) is 0 Å². The zero-order chi connectivity index (χ0) is 10.6. The first kappa shape index (κ1) is 11.8. The molecule has 0 heterocycles. The first-order chi connectivity index (χ1) is 6.61. The second-order valence-electron chi connectivity index (χ2n) is 4.25. The number of hydrogen-bond donors (Lipinski definition) is 1. The molecule has 14 heavy (non-hydrogen) atoms. The van der Waals surface area contributed by atoms with Crippen LogP contribution in [0.4, 0.5) is 0 Å². The third kappa shape index (κ3) is 2.41. The SMILES string of the molecule is CCCC(Cl)(C(=O)O)C1CCCCC1. The molecule has 0 aromatic rings. The van der Waals surface area contributed by atoms with Crippen molar-refractivity contribution in [2.75, 3.05) is 0 Å². The number of carbonyl (C=O) groups is 1. The second-order valence-corrected chi connectivity index (χ2v) is 4.93. The number of carboxylic acid groups (broad SMARTS) is 1. The summed E-state index contributed by atoms with van der Waals surface area (Å²) in [5, 5.41) is 9.18. The molecule has 1 aliphatic carbocycles. The van der Waals surface area contributed by atoms with Crippen LogP contribution in [0.25, 0.3) is 0 Å². The van der Waals surface area contributed by atoms with Gasteiger partial charge in [0.25, 0.3) is 0 Å². The van der Waals surface area contributed by atoms with Crippen molar-refractivity contribution in [2.24, 2.45) is 5.92 Å². The molecule has 82 valence electrons. The van der Waals surface area contributed by atoms with E-state index in [1.165, 1.54) is 6.42 Å². The minimum atomic E-state index is -0.991. The molecular weight excluding hydrogens is 200 g/mol. The summed E-state index contributed by atoms with van der Waals surface area (Å²) >= 11 is 6.25. The summed E-state index contributed by atoms with van der Waals surface area (Å²) in [6.45, 7) is 1.99. The van der Waals surface area contributed by atoms with Crippen LogP contribution in [0.5, 0.6) is 0 Å². The Bertz CT molecular complexity index is 199. The van der Waals surface area contributed by atoms with Gasteiger partial charge in [-0.15, -0.1) is 11.6 Å². The number of rotatable bonds is 4. The Morgan fingerprint density at radius 1 is 1.43 bits per heavy atom. The molecule has 0 amide bonds. The Morgan fingerprint density at radius 3 is 2.43 bits per heavy atom. The molecule has 0 bridgehead atoms. The van der Waals surface area contributed by atoms with Gasteiger partial charge in [-0.3, -0.25) is 4.79 Å². The lowest BCUT2D eigenvalue weighted by Crippen LogP contribution is -2.41. The van der Waals surface area contributed by atoms with Crippen molar-refractivity contribution in [3.63, 3.8) is 0 Å². The highest BCUT2D eigenvalue weighted by atomic mass is 35.5. The number of aliphatic carboxylic acids is 1. The van der Waals surface area contributed by atoms with E-state index in [0.717, 1.165) is 32.1 Å². The van der Waals surface area contributed by atoms with Crippen molar-refractivity contribution in [1.29, 1.82) is 0 Å². The molecule has 1 aliphatic rings. The fourth-order valence-corrected chi connectivity index (χ4v) is 2.82. The average molecular weight is 219 g/mol. The van der Waals surface area contributed by atoms with Gasteiger partial charge in [-0.1, -0.05) is 32.6 Å². The minimum absolute atomic E-state index is 0.176. The molecule has 0 spiro atoms. The molecule has 1 atom stereocenters. The molecular formula is C11H19ClO2. The third-order valence-corrected chi connectivity index (χ3v) is 3.88. The van der Waals surface area contributed by atoms with E-state index in [0.29, 0.717) is 6.42 Å². The Kier molecular flexibility index (Phi) is 4.24. The molecule has 0 aromatic heterocycles. The zero-order valence-corrected chi connectivity index (χ0v) is 9.52. The lowest BCUT2D eigenvalue weighted by Gasteiger charge is -2.34. The van der Waals surface area contributed by atoms with Gasteiger partial charge in [-0.05, 0) is 25.2 Å². The summed E-state index contributed by atoms with van der Waals surface area (Å²) in [6.07, 6.45) is 6.90. The van der Waals surface area contributed by atoms with Crippen LogP contribution in [0.3, 0.4) is 0 Å². The van der Waals surface area contributed by atoms with E-state index in [-0.39, 0.29) is 5.92 Å².